The van der Waals surface area contributed by atoms with E-state index in [0.29, 0.717) is 5.38 Å². The molecule has 3 aliphatic carbocycles. The average molecular weight is 241 g/mol. The van der Waals surface area contributed by atoms with Crippen molar-refractivity contribution in [3.8, 4) is 0 Å². The SMILES string of the molecule is CC1CCC2C(CCC3CC(Cl)CCC32)C1. The van der Waals surface area contributed by atoms with Crippen molar-refractivity contribution in [2.75, 3.05) is 0 Å². The zero-order valence-corrected chi connectivity index (χ0v) is 11.3. The van der Waals surface area contributed by atoms with Crippen LogP contribution in [0, 0.1) is 29.6 Å². The molecule has 0 aromatic rings. The van der Waals surface area contributed by atoms with E-state index >= 15 is 0 Å². The van der Waals surface area contributed by atoms with Gasteiger partial charge in [0.2, 0.25) is 0 Å². The van der Waals surface area contributed by atoms with E-state index in [-0.39, 0.29) is 0 Å². The van der Waals surface area contributed by atoms with Crippen LogP contribution in [-0.4, -0.2) is 5.38 Å². The van der Waals surface area contributed by atoms with Crippen molar-refractivity contribution in [3.05, 3.63) is 0 Å². The van der Waals surface area contributed by atoms with Gasteiger partial charge in [-0.3, -0.25) is 0 Å². The second-order valence-electron chi connectivity index (χ2n) is 6.75. The highest BCUT2D eigenvalue weighted by Crippen LogP contribution is 2.52. The van der Waals surface area contributed by atoms with Crippen LogP contribution >= 0.6 is 11.6 Å². The van der Waals surface area contributed by atoms with Gasteiger partial charge in [-0.2, -0.15) is 0 Å². The maximum Gasteiger partial charge on any atom is 0.0338 e. The van der Waals surface area contributed by atoms with Gasteiger partial charge in [-0.25, -0.2) is 0 Å². The number of hydrogen-bond acceptors (Lipinski definition) is 0. The Labute approximate surface area is 105 Å². The molecule has 0 nitrogen and oxygen atoms in total. The molecule has 1 heteroatoms. The summed E-state index contributed by atoms with van der Waals surface area (Å²) in [5, 5.41) is 0.500. The van der Waals surface area contributed by atoms with E-state index in [9.17, 15) is 0 Å². The molecule has 0 spiro atoms. The Morgan fingerprint density at radius 2 is 1.38 bits per heavy atom. The Balaban J connectivity index is 1.71. The molecule has 6 atom stereocenters. The highest BCUT2D eigenvalue weighted by atomic mass is 35.5. The summed E-state index contributed by atoms with van der Waals surface area (Å²) in [6.07, 6.45) is 11.6. The predicted molar refractivity (Wildman–Crippen MR) is 69.7 cm³/mol. The summed E-state index contributed by atoms with van der Waals surface area (Å²) in [6.45, 7) is 2.46. The van der Waals surface area contributed by atoms with Gasteiger partial charge in [0.15, 0.2) is 0 Å². The Morgan fingerprint density at radius 1 is 0.750 bits per heavy atom. The average Bonchev–Trinajstić information content (AvgIpc) is 2.28. The summed E-state index contributed by atoms with van der Waals surface area (Å²) in [7, 11) is 0. The topological polar surface area (TPSA) is 0 Å². The lowest BCUT2D eigenvalue weighted by molar-refractivity contribution is 0.0154. The van der Waals surface area contributed by atoms with E-state index in [0.717, 1.165) is 29.6 Å². The highest BCUT2D eigenvalue weighted by Gasteiger charge is 2.43. The van der Waals surface area contributed by atoms with E-state index in [1.54, 1.807) is 0 Å². The molecule has 0 radical (unpaired) electrons. The van der Waals surface area contributed by atoms with E-state index in [4.69, 9.17) is 11.6 Å². The lowest BCUT2D eigenvalue weighted by atomic mass is 9.56. The lowest BCUT2D eigenvalue weighted by Gasteiger charge is -2.50. The van der Waals surface area contributed by atoms with Crippen LogP contribution in [-0.2, 0) is 0 Å². The molecule has 0 aliphatic heterocycles. The minimum atomic E-state index is 0.500. The fourth-order valence-electron chi connectivity index (χ4n) is 4.97. The number of halogens is 1. The van der Waals surface area contributed by atoms with Gasteiger partial charge >= 0.3 is 0 Å². The largest absolute Gasteiger partial charge is 0.123 e. The summed E-state index contributed by atoms with van der Waals surface area (Å²) < 4.78 is 0. The molecule has 3 aliphatic rings. The molecule has 16 heavy (non-hydrogen) atoms. The van der Waals surface area contributed by atoms with Crippen LogP contribution in [0.15, 0.2) is 0 Å². The Bertz CT molecular complexity index is 224. The molecular weight excluding hydrogens is 216 g/mol. The number of alkyl halides is 1. The molecule has 3 fully saturated rings. The Hall–Kier alpha value is 0.290. The van der Waals surface area contributed by atoms with Crippen molar-refractivity contribution in [1.29, 1.82) is 0 Å². The zero-order valence-electron chi connectivity index (χ0n) is 10.5. The first kappa shape index (κ1) is 11.4. The van der Waals surface area contributed by atoms with Crippen molar-refractivity contribution in [1.82, 2.24) is 0 Å². The molecule has 0 aromatic heterocycles. The van der Waals surface area contributed by atoms with Crippen molar-refractivity contribution in [2.24, 2.45) is 29.6 Å². The molecule has 0 heterocycles. The zero-order chi connectivity index (χ0) is 11.1. The van der Waals surface area contributed by atoms with Crippen LogP contribution < -0.4 is 0 Å². The smallest absolute Gasteiger partial charge is 0.0338 e. The third kappa shape index (κ3) is 2.03. The molecule has 0 N–H and O–H groups in total. The van der Waals surface area contributed by atoms with Gasteiger partial charge in [0.05, 0.1) is 0 Å². The second kappa shape index (κ2) is 4.52. The molecule has 0 amide bonds. The molecule has 3 saturated carbocycles. The van der Waals surface area contributed by atoms with Crippen LogP contribution in [0.1, 0.15) is 58.3 Å². The van der Waals surface area contributed by atoms with Crippen molar-refractivity contribution >= 4 is 11.6 Å². The predicted octanol–water partition coefficient (Wildman–Crippen LogP) is 4.86. The fourth-order valence-corrected chi connectivity index (χ4v) is 5.33. The molecule has 0 aromatic carbocycles. The van der Waals surface area contributed by atoms with E-state index in [2.05, 4.69) is 6.92 Å². The van der Waals surface area contributed by atoms with Gasteiger partial charge in [0.25, 0.3) is 0 Å². The highest BCUT2D eigenvalue weighted by molar-refractivity contribution is 6.20. The third-order valence-electron chi connectivity index (χ3n) is 5.74. The van der Waals surface area contributed by atoms with Gasteiger partial charge in [0.1, 0.15) is 0 Å². The van der Waals surface area contributed by atoms with Gasteiger partial charge in [0, 0.05) is 5.38 Å². The van der Waals surface area contributed by atoms with E-state index in [1.165, 1.54) is 51.4 Å². The summed E-state index contributed by atoms with van der Waals surface area (Å²) in [6, 6.07) is 0. The van der Waals surface area contributed by atoms with Crippen molar-refractivity contribution < 1.29 is 0 Å². The monoisotopic (exact) mass is 240 g/mol. The minimum absolute atomic E-state index is 0.500. The standard InChI is InChI=1S/C15H25Cl/c1-10-2-6-14-11(8-10)3-4-12-9-13(16)5-7-15(12)14/h10-15H,2-9H2,1H3. The maximum absolute atomic E-state index is 6.33. The quantitative estimate of drug-likeness (QED) is 0.531. The summed E-state index contributed by atoms with van der Waals surface area (Å²) in [5.74, 6) is 5.21. The van der Waals surface area contributed by atoms with Crippen LogP contribution in [0.3, 0.4) is 0 Å². The maximum atomic E-state index is 6.33. The van der Waals surface area contributed by atoms with E-state index in [1.807, 2.05) is 0 Å². The number of fused-ring (bicyclic) bond motifs is 3. The molecule has 3 rings (SSSR count). The number of hydrogen-bond donors (Lipinski definition) is 0. The summed E-state index contributed by atoms with van der Waals surface area (Å²) >= 11 is 6.33. The van der Waals surface area contributed by atoms with Crippen LogP contribution in [0.4, 0.5) is 0 Å². The van der Waals surface area contributed by atoms with Crippen LogP contribution in [0.2, 0.25) is 0 Å². The molecule has 6 unspecified atom stereocenters. The van der Waals surface area contributed by atoms with Gasteiger partial charge in [-0.1, -0.05) is 13.3 Å². The first-order valence-electron chi connectivity index (χ1n) is 7.38. The molecule has 0 bridgehead atoms. The summed E-state index contributed by atoms with van der Waals surface area (Å²) in [4.78, 5) is 0. The Morgan fingerprint density at radius 3 is 2.12 bits per heavy atom. The van der Waals surface area contributed by atoms with Gasteiger partial charge in [-0.05, 0) is 74.5 Å². The van der Waals surface area contributed by atoms with Crippen LogP contribution in [0.5, 0.6) is 0 Å². The minimum Gasteiger partial charge on any atom is -0.123 e. The first-order chi connectivity index (χ1) is 7.74. The molecule has 92 valence electrons. The van der Waals surface area contributed by atoms with Crippen LogP contribution in [0.25, 0.3) is 0 Å². The van der Waals surface area contributed by atoms with Gasteiger partial charge < -0.3 is 0 Å². The molecule has 0 saturated heterocycles. The van der Waals surface area contributed by atoms with Crippen molar-refractivity contribution in [2.45, 2.75) is 63.7 Å². The Kier molecular flexibility index (Phi) is 3.21. The first-order valence-corrected chi connectivity index (χ1v) is 7.81. The fraction of sp³-hybridized carbons (Fsp3) is 1.00. The summed E-state index contributed by atoms with van der Waals surface area (Å²) in [5.41, 5.74) is 0. The van der Waals surface area contributed by atoms with Crippen molar-refractivity contribution in [3.63, 3.8) is 0 Å². The second-order valence-corrected chi connectivity index (χ2v) is 7.37. The third-order valence-corrected chi connectivity index (χ3v) is 6.14. The van der Waals surface area contributed by atoms with Gasteiger partial charge in [-0.15, -0.1) is 11.6 Å². The normalized spacial score (nSPS) is 52.9. The molecular formula is C15H25Cl. The van der Waals surface area contributed by atoms with E-state index < -0.39 is 0 Å². The number of rotatable bonds is 0. The lowest BCUT2D eigenvalue weighted by Crippen LogP contribution is -2.41.